The number of benzene rings is 1. The van der Waals surface area contributed by atoms with Crippen LogP contribution in [0.4, 0.5) is 0 Å². The maximum Gasteiger partial charge on any atom is 0.251 e. The number of hydrogen-bond donors (Lipinski definition) is 2. The van der Waals surface area contributed by atoms with Crippen LogP contribution in [0.1, 0.15) is 34.8 Å². The van der Waals surface area contributed by atoms with Crippen molar-refractivity contribution in [1.29, 1.82) is 0 Å². The molecular weight excluding hydrogens is 240 g/mol. The van der Waals surface area contributed by atoms with Gasteiger partial charge >= 0.3 is 0 Å². The number of fused-ring (bicyclic) bond motifs is 1. The fraction of sp³-hybridized carbons (Fsp3) is 0.533. The highest BCUT2D eigenvalue weighted by molar-refractivity contribution is 5.96. The van der Waals surface area contributed by atoms with Gasteiger partial charge in [-0.05, 0) is 43.5 Å². The van der Waals surface area contributed by atoms with Gasteiger partial charge in [0.25, 0.3) is 5.91 Å². The van der Waals surface area contributed by atoms with Gasteiger partial charge in [0, 0.05) is 18.7 Å². The maximum absolute atomic E-state index is 12.4. The van der Waals surface area contributed by atoms with Crippen LogP contribution in [-0.4, -0.2) is 31.2 Å². The van der Waals surface area contributed by atoms with Crippen molar-refractivity contribution in [1.82, 2.24) is 10.6 Å². The molecule has 1 amide bonds. The van der Waals surface area contributed by atoms with Crippen molar-refractivity contribution in [2.75, 3.05) is 13.2 Å². The Hall–Kier alpha value is -1.39. The molecule has 1 fully saturated rings. The third kappa shape index (κ3) is 2.51. The molecule has 4 heteroatoms. The summed E-state index contributed by atoms with van der Waals surface area (Å²) in [5.41, 5.74) is 3.28. The van der Waals surface area contributed by atoms with E-state index in [0.29, 0.717) is 0 Å². The molecule has 0 aliphatic carbocycles. The summed E-state index contributed by atoms with van der Waals surface area (Å²) in [6.45, 7) is 4.56. The number of carbonyl (C=O) groups excluding carboxylic acids is 1. The molecule has 0 radical (unpaired) electrons. The van der Waals surface area contributed by atoms with Gasteiger partial charge in [0.2, 0.25) is 0 Å². The molecule has 2 heterocycles. The minimum Gasteiger partial charge on any atom is -0.376 e. The van der Waals surface area contributed by atoms with Gasteiger partial charge in [-0.15, -0.1) is 0 Å². The predicted molar refractivity (Wildman–Crippen MR) is 73.1 cm³/mol. The molecule has 2 unspecified atom stereocenters. The largest absolute Gasteiger partial charge is 0.376 e. The quantitative estimate of drug-likeness (QED) is 0.841. The molecule has 0 spiro atoms. The van der Waals surface area contributed by atoms with E-state index in [4.69, 9.17) is 4.74 Å². The highest BCUT2D eigenvalue weighted by Gasteiger charge is 2.27. The van der Waals surface area contributed by atoms with Gasteiger partial charge in [-0.2, -0.15) is 0 Å². The van der Waals surface area contributed by atoms with Crippen molar-refractivity contribution < 1.29 is 9.53 Å². The molecule has 1 aromatic carbocycles. The highest BCUT2D eigenvalue weighted by atomic mass is 16.5. The van der Waals surface area contributed by atoms with E-state index in [1.807, 2.05) is 19.1 Å². The first-order chi connectivity index (χ1) is 9.25. The lowest BCUT2D eigenvalue weighted by Gasteiger charge is -2.22. The lowest BCUT2D eigenvalue weighted by molar-refractivity contribution is 0.0865. The van der Waals surface area contributed by atoms with Crippen LogP contribution < -0.4 is 10.6 Å². The fourth-order valence-corrected chi connectivity index (χ4v) is 2.91. The molecule has 3 rings (SSSR count). The van der Waals surface area contributed by atoms with E-state index >= 15 is 0 Å². The van der Waals surface area contributed by atoms with Gasteiger partial charge in [0.1, 0.15) is 0 Å². The minimum atomic E-state index is 0.0427. The molecule has 1 saturated heterocycles. The van der Waals surface area contributed by atoms with Gasteiger partial charge in [0.05, 0.1) is 12.1 Å². The van der Waals surface area contributed by atoms with E-state index in [1.165, 1.54) is 11.1 Å². The third-order valence-electron chi connectivity index (χ3n) is 4.08. The summed E-state index contributed by atoms with van der Waals surface area (Å²) >= 11 is 0. The average molecular weight is 260 g/mol. The van der Waals surface area contributed by atoms with Crippen molar-refractivity contribution >= 4 is 5.91 Å². The molecule has 102 valence electrons. The zero-order chi connectivity index (χ0) is 13.2. The normalized spacial score (nSPS) is 25.9. The lowest BCUT2D eigenvalue weighted by Crippen LogP contribution is -2.40. The van der Waals surface area contributed by atoms with Crippen molar-refractivity contribution in [2.24, 2.45) is 0 Å². The van der Waals surface area contributed by atoms with Crippen LogP contribution >= 0.6 is 0 Å². The summed E-state index contributed by atoms with van der Waals surface area (Å²) in [7, 11) is 0. The Morgan fingerprint density at radius 3 is 3.16 bits per heavy atom. The molecule has 2 atom stereocenters. The van der Waals surface area contributed by atoms with Crippen molar-refractivity contribution in [2.45, 2.75) is 38.5 Å². The summed E-state index contributed by atoms with van der Waals surface area (Å²) < 4.78 is 5.49. The summed E-state index contributed by atoms with van der Waals surface area (Å²) in [6.07, 6.45) is 1.95. The molecule has 4 nitrogen and oxygen atoms in total. The van der Waals surface area contributed by atoms with Crippen LogP contribution in [0.2, 0.25) is 0 Å². The Balaban J connectivity index is 1.80. The number of hydrogen-bond acceptors (Lipinski definition) is 3. The maximum atomic E-state index is 12.4. The van der Waals surface area contributed by atoms with Crippen molar-refractivity contribution in [3.63, 3.8) is 0 Å². The molecule has 2 aliphatic rings. The molecular formula is C15H20N2O2. The molecule has 19 heavy (non-hydrogen) atoms. The van der Waals surface area contributed by atoms with E-state index < -0.39 is 0 Å². The zero-order valence-corrected chi connectivity index (χ0v) is 11.2. The number of amides is 1. The first-order valence-electron chi connectivity index (χ1n) is 6.99. The topological polar surface area (TPSA) is 50.4 Å². The summed E-state index contributed by atoms with van der Waals surface area (Å²) in [4.78, 5) is 12.4. The van der Waals surface area contributed by atoms with E-state index in [-0.39, 0.29) is 18.1 Å². The first kappa shape index (κ1) is 12.6. The third-order valence-corrected chi connectivity index (χ3v) is 4.08. The Morgan fingerprint density at radius 1 is 1.47 bits per heavy atom. The highest BCUT2D eigenvalue weighted by Crippen LogP contribution is 2.20. The van der Waals surface area contributed by atoms with E-state index in [2.05, 4.69) is 16.7 Å². The number of nitrogens with one attached hydrogen (secondary N) is 2. The Kier molecular flexibility index (Phi) is 3.53. The van der Waals surface area contributed by atoms with Crippen LogP contribution in [0.3, 0.4) is 0 Å². The predicted octanol–water partition coefficient (Wildman–Crippen LogP) is 1.24. The second kappa shape index (κ2) is 5.31. The summed E-state index contributed by atoms with van der Waals surface area (Å²) in [5.74, 6) is 0.0427. The Bertz CT molecular complexity index is 487. The fourth-order valence-electron chi connectivity index (χ4n) is 2.91. The monoisotopic (exact) mass is 260 g/mol. The lowest BCUT2D eigenvalue weighted by atomic mass is 9.95. The molecule has 2 aliphatic heterocycles. The first-order valence-corrected chi connectivity index (χ1v) is 6.99. The van der Waals surface area contributed by atoms with Gasteiger partial charge in [-0.25, -0.2) is 0 Å². The van der Waals surface area contributed by atoms with Crippen LogP contribution in [0.15, 0.2) is 18.2 Å². The Morgan fingerprint density at radius 2 is 2.37 bits per heavy atom. The van der Waals surface area contributed by atoms with Gasteiger partial charge in [-0.1, -0.05) is 12.1 Å². The second-order valence-electron chi connectivity index (χ2n) is 5.31. The SMILES string of the molecule is CC1OCCC1NC(=O)c1cccc2c1CCNC2. The van der Waals surface area contributed by atoms with Crippen molar-refractivity contribution in [3.8, 4) is 0 Å². The van der Waals surface area contributed by atoms with E-state index in [9.17, 15) is 4.79 Å². The van der Waals surface area contributed by atoms with E-state index in [1.54, 1.807) is 0 Å². The number of ether oxygens (including phenoxy) is 1. The van der Waals surface area contributed by atoms with Crippen LogP contribution in [-0.2, 0) is 17.7 Å². The summed E-state index contributed by atoms with van der Waals surface area (Å²) in [6, 6.07) is 6.14. The smallest absolute Gasteiger partial charge is 0.251 e. The van der Waals surface area contributed by atoms with Gasteiger partial charge < -0.3 is 15.4 Å². The Labute approximate surface area is 113 Å². The standard InChI is InChI=1S/C15H20N2O2/c1-10-14(6-8-19-10)17-15(18)13-4-2-3-11-9-16-7-5-12(11)13/h2-4,10,14,16H,5-9H2,1H3,(H,17,18). The van der Waals surface area contributed by atoms with Crippen LogP contribution in [0, 0.1) is 0 Å². The molecule has 0 bridgehead atoms. The number of rotatable bonds is 2. The molecule has 1 aromatic rings. The van der Waals surface area contributed by atoms with E-state index in [0.717, 1.165) is 38.1 Å². The summed E-state index contributed by atoms with van der Waals surface area (Å²) in [5, 5.41) is 6.45. The molecule has 0 aromatic heterocycles. The number of carbonyl (C=O) groups is 1. The van der Waals surface area contributed by atoms with Crippen molar-refractivity contribution in [3.05, 3.63) is 34.9 Å². The minimum absolute atomic E-state index is 0.0427. The van der Waals surface area contributed by atoms with Gasteiger partial charge in [0.15, 0.2) is 0 Å². The van der Waals surface area contributed by atoms with Crippen LogP contribution in [0.5, 0.6) is 0 Å². The average Bonchev–Trinajstić information content (AvgIpc) is 2.83. The van der Waals surface area contributed by atoms with Crippen LogP contribution in [0.25, 0.3) is 0 Å². The van der Waals surface area contributed by atoms with Gasteiger partial charge in [-0.3, -0.25) is 4.79 Å². The molecule has 0 saturated carbocycles. The second-order valence-corrected chi connectivity index (χ2v) is 5.31. The zero-order valence-electron chi connectivity index (χ0n) is 11.2. The molecule has 2 N–H and O–H groups in total.